The van der Waals surface area contributed by atoms with Crippen molar-refractivity contribution in [2.75, 3.05) is 0 Å². The van der Waals surface area contributed by atoms with E-state index in [1.54, 1.807) is 12.3 Å². The van der Waals surface area contributed by atoms with Crippen molar-refractivity contribution in [1.29, 1.82) is 0 Å². The second-order valence-electron chi connectivity index (χ2n) is 6.94. The summed E-state index contributed by atoms with van der Waals surface area (Å²) in [5.41, 5.74) is 1.31. The van der Waals surface area contributed by atoms with Crippen LogP contribution < -0.4 is 10.1 Å². The molecule has 6 nitrogen and oxygen atoms in total. The molecule has 4 rings (SSSR count). The zero-order chi connectivity index (χ0) is 18.1. The molecule has 1 amide bonds. The molecule has 2 fully saturated rings. The highest BCUT2D eigenvalue weighted by Gasteiger charge is 2.36. The lowest BCUT2D eigenvalue weighted by Crippen LogP contribution is -2.31. The molecule has 0 saturated heterocycles. The zero-order valence-corrected chi connectivity index (χ0v) is 14.2. The average Bonchev–Trinajstić information content (AvgIpc) is 3.32. The Bertz CT molecular complexity index is 835. The second kappa shape index (κ2) is 6.66. The van der Waals surface area contributed by atoms with Crippen LogP contribution in [-0.2, 0) is 4.79 Å². The third-order valence-electron chi connectivity index (χ3n) is 4.75. The van der Waals surface area contributed by atoms with Crippen molar-refractivity contribution in [1.82, 2.24) is 20.3 Å². The molecule has 2 N–H and O–H groups in total. The number of amides is 1. The van der Waals surface area contributed by atoms with Gasteiger partial charge in [0.05, 0.1) is 5.39 Å². The molecule has 2 aliphatic rings. The van der Waals surface area contributed by atoms with Gasteiger partial charge in [0.15, 0.2) is 0 Å². The van der Waals surface area contributed by atoms with Crippen LogP contribution in [-0.4, -0.2) is 38.9 Å². The van der Waals surface area contributed by atoms with Crippen LogP contribution in [0.25, 0.3) is 17.1 Å². The molecule has 0 radical (unpaired) electrons. The van der Waals surface area contributed by atoms with Crippen LogP contribution >= 0.6 is 0 Å². The smallest absolute Gasteiger partial charge is 0.248 e. The zero-order valence-electron chi connectivity index (χ0n) is 14.2. The summed E-state index contributed by atoms with van der Waals surface area (Å²) in [7, 11) is 0. The average molecular weight is 362 g/mol. The van der Waals surface area contributed by atoms with E-state index in [2.05, 4.69) is 20.3 Å². The number of halogens is 2. The first-order chi connectivity index (χ1) is 12.5. The molecule has 26 heavy (non-hydrogen) atoms. The summed E-state index contributed by atoms with van der Waals surface area (Å²) in [6.07, 6.45) is 8.24. The number of carbonyl (C=O) groups excluding carboxylic acids is 1. The van der Waals surface area contributed by atoms with Gasteiger partial charge < -0.3 is 15.0 Å². The van der Waals surface area contributed by atoms with E-state index in [-0.39, 0.29) is 37.7 Å². The third kappa shape index (κ3) is 3.84. The number of rotatable bonds is 5. The summed E-state index contributed by atoms with van der Waals surface area (Å²) in [6.45, 7) is 0. The maximum Gasteiger partial charge on any atom is 0.248 e. The van der Waals surface area contributed by atoms with Gasteiger partial charge in [-0.05, 0) is 31.8 Å². The molecule has 2 saturated carbocycles. The van der Waals surface area contributed by atoms with Crippen LogP contribution in [0.1, 0.15) is 44.1 Å². The Morgan fingerprint density at radius 3 is 2.77 bits per heavy atom. The number of carbonyl (C=O) groups is 1. The molecule has 0 spiro atoms. The summed E-state index contributed by atoms with van der Waals surface area (Å²) < 4.78 is 32.5. The number of hydrogen-bond acceptors (Lipinski definition) is 4. The van der Waals surface area contributed by atoms with Crippen LogP contribution in [0, 0.1) is 0 Å². The van der Waals surface area contributed by atoms with Gasteiger partial charge in [0.1, 0.15) is 18.1 Å². The summed E-state index contributed by atoms with van der Waals surface area (Å²) in [4.78, 5) is 23.2. The lowest BCUT2D eigenvalue weighted by molar-refractivity contribution is -0.116. The molecule has 0 aromatic carbocycles. The number of hydrogen-bond donors (Lipinski definition) is 2. The van der Waals surface area contributed by atoms with Crippen molar-refractivity contribution >= 4 is 23.0 Å². The molecule has 2 aromatic heterocycles. The number of aromatic nitrogens is 3. The quantitative estimate of drug-likeness (QED) is 0.801. The van der Waals surface area contributed by atoms with E-state index in [0.717, 1.165) is 18.4 Å². The lowest BCUT2D eigenvalue weighted by atomic mass is 9.94. The molecular weight excluding hydrogens is 342 g/mol. The molecule has 0 bridgehead atoms. The summed E-state index contributed by atoms with van der Waals surface area (Å²) >= 11 is 0. The van der Waals surface area contributed by atoms with Gasteiger partial charge in [-0.1, -0.05) is 0 Å². The fourth-order valence-electron chi connectivity index (χ4n) is 3.11. The first-order valence-electron chi connectivity index (χ1n) is 8.85. The van der Waals surface area contributed by atoms with Gasteiger partial charge in [0.25, 0.3) is 0 Å². The van der Waals surface area contributed by atoms with Crippen molar-refractivity contribution in [3.8, 4) is 5.88 Å². The SMILES string of the molecule is O=C(C=Cc1c[nH]c2ncnc(OC3CCC(F)(F)CC3)c12)NC1CC1. The van der Waals surface area contributed by atoms with Crippen LogP contribution in [0.3, 0.4) is 0 Å². The number of ether oxygens (including phenoxy) is 1. The molecule has 2 aromatic rings. The van der Waals surface area contributed by atoms with Crippen molar-refractivity contribution in [2.24, 2.45) is 0 Å². The van der Waals surface area contributed by atoms with E-state index in [4.69, 9.17) is 4.74 Å². The highest BCUT2D eigenvalue weighted by molar-refractivity contribution is 5.97. The predicted molar refractivity (Wildman–Crippen MR) is 91.9 cm³/mol. The van der Waals surface area contributed by atoms with Gasteiger partial charge in [-0.25, -0.2) is 18.7 Å². The van der Waals surface area contributed by atoms with Gasteiger partial charge in [0, 0.05) is 36.7 Å². The van der Waals surface area contributed by atoms with E-state index in [9.17, 15) is 13.6 Å². The molecule has 0 atom stereocenters. The Hall–Kier alpha value is -2.51. The minimum absolute atomic E-state index is 0.143. The minimum atomic E-state index is -2.60. The van der Waals surface area contributed by atoms with Crippen molar-refractivity contribution in [2.45, 2.75) is 56.6 Å². The van der Waals surface area contributed by atoms with Gasteiger partial charge in [0.2, 0.25) is 17.7 Å². The normalized spacial score (nSPS) is 20.5. The fraction of sp³-hybridized carbons (Fsp3) is 0.500. The molecule has 8 heteroatoms. The van der Waals surface area contributed by atoms with Gasteiger partial charge in [-0.3, -0.25) is 4.79 Å². The van der Waals surface area contributed by atoms with Crippen molar-refractivity contribution in [3.63, 3.8) is 0 Å². The first kappa shape index (κ1) is 16.9. The fourth-order valence-corrected chi connectivity index (χ4v) is 3.11. The monoisotopic (exact) mass is 362 g/mol. The topological polar surface area (TPSA) is 79.9 Å². The van der Waals surface area contributed by atoms with Gasteiger partial charge in [-0.2, -0.15) is 0 Å². The molecule has 0 unspecified atom stereocenters. The number of fused-ring (bicyclic) bond motifs is 1. The Labute approximate surface area is 149 Å². The Balaban J connectivity index is 1.52. The molecular formula is C18H20F2N4O2. The molecule has 2 aliphatic carbocycles. The van der Waals surface area contributed by atoms with E-state index in [1.807, 2.05) is 0 Å². The van der Waals surface area contributed by atoms with E-state index in [1.165, 1.54) is 12.4 Å². The standard InChI is InChI=1S/C18H20F2N4O2/c19-18(20)7-5-13(6-8-18)26-17-15-11(9-21-16(15)22-10-23-17)1-4-14(25)24-12-2-3-12/h1,4,9-10,12-13H,2-3,5-8H2,(H,24,25)(H,21,22,23). The van der Waals surface area contributed by atoms with Crippen molar-refractivity contribution < 1.29 is 18.3 Å². The highest BCUT2D eigenvalue weighted by Crippen LogP contribution is 2.36. The third-order valence-corrected chi connectivity index (χ3v) is 4.75. The second-order valence-corrected chi connectivity index (χ2v) is 6.94. The van der Waals surface area contributed by atoms with Crippen LogP contribution in [0.2, 0.25) is 0 Å². The number of alkyl halides is 2. The number of nitrogens with one attached hydrogen (secondary N) is 2. The largest absolute Gasteiger partial charge is 0.474 e. The maximum atomic E-state index is 13.3. The van der Waals surface area contributed by atoms with Gasteiger partial charge >= 0.3 is 0 Å². The van der Waals surface area contributed by atoms with Crippen LogP contribution in [0.5, 0.6) is 5.88 Å². The minimum Gasteiger partial charge on any atom is -0.474 e. The summed E-state index contributed by atoms with van der Waals surface area (Å²) in [5.74, 6) is -2.39. The summed E-state index contributed by atoms with van der Waals surface area (Å²) in [6, 6.07) is 0.293. The van der Waals surface area contributed by atoms with Gasteiger partial charge in [-0.15, -0.1) is 0 Å². The predicted octanol–water partition coefficient (Wildman–Crippen LogP) is 3.21. The number of H-pyrrole nitrogens is 1. The molecule has 2 heterocycles. The van der Waals surface area contributed by atoms with Crippen molar-refractivity contribution in [3.05, 3.63) is 24.2 Å². The number of aromatic amines is 1. The Morgan fingerprint density at radius 2 is 2.04 bits per heavy atom. The Kier molecular flexibility index (Phi) is 4.34. The molecule has 0 aliphatic heterocycles. The van der Waals surface area contributed by atoms with E-state index >= 15 is 0 Å². The number of nitrogens with zero attached hydrogens (tertiary/aromatic N) is 2. The van der Waals surface area contributed by atoms with E-state index < -0.39 is 5.92 Å². The van der Waals surface area contributed by atoms with E-state index in [0.29, 0.717) is 23.0 Å². The molecule has 138 valence electrons. The van der Waals surface area contributed by atoms with Crippen LogP contribution in [0.4, 0.5) is 8.78 Å². The lowest BCUT2D eigenvalue weighted by Gasteiger charge is -2.28. The maximum absolute atomic E-state index is 13.3. The van der Waals surface area contributed by atoms with Crippen LogP contribution in [0.15, 0.2) is 18.6 Å². The Morgan fingerprint density at radius 1 is 1.27 bits per heavy atom. The summed E-state index contributed by atoms with van der Waals surface area (Å²) in [5, 5.41) is 3.54. The first-order valence-corrected chi connectivity index (χ1v) is 8.85. The highest BCUT2D eigenvalue weighted by atomic mass is 19.3.